The van der Waals surface area contributed by atoms with Gasteiger partial charge in [0.1, 0.15) is 5.75 Å². The number of pyridine rings is 1. The Balaban J connectivity index is 1.85. The first kappa shape index (κ1) is 20.9. The van der Waals surface area contributed by atoms with Gasteiger partial charge in [-0.05, 0) is 48.9 Å². The number of ether oxygens (including phenoxy) is 1. The molecule has 2 heterocycles. The van der Waals surface area contributed by atoms with E-state index in [1.54, 1.807) is 7.11 Å². The largest absolute Gasteiger partial charge is 0.497 e. The third-order valence-electron chi connectivity index (χ3n) is 5.10. The van der Waals surface area contributed by atoms with Crippen molar-refractivity contribution in [2.75, 3.05) is 13.7 Å². The summed E-state index contributed by atoms with van der Waals surface area (Å²) in [5.74, 6) is 0.611. The van der Waals surface area contributed by atoms with Gasteiger partial charge < -0.3 is 10.1 Å². The number of amides is 1. The lowest BCUT2D eigenvalue weighted by Gasteiger charge is -2.10. The lowest BCUT2D eigenvalue weighted by atomic mass is 10.0. The standard InChI is InChI=1S/C24H23ClN4O2/c1-3-4-13-26-24(30)19-14-20(15-7-11-18(31-2)12-8-15)27-23-21(19)22(28-29-23)16-5-9-17(25)10-6-16/h5-12,14H,3-4,13H2,1-2H3,(H,26,30)(H,27,28,29). The van der Waals surface area contributed by atoms with Crippen molar-refractivity contribution in [3.8, 4) is 28.3 Å². The Labute approximate surface area is 185 Å². The van der Waals surface area contributed by atoms with Crippen LogP contribution in [0.2, 0.25) is 5.02 Å². The number of benzene rings is 2. The molecule has 1 amide bonds. The summed E-state index contributed by atoms with van der Waals surface area (Å²) >= 11 is 6.04. The van der Waals surface area contributed by atoms with Gasteiger partial charge in [0, 0.05) is 22.7 Å². The molecule has 0 saturated heterocycles. The van der Waals surface area contributed by atoms with Crippen LogP contribution in [0.15, 0.2) is 54.6 Å². The highest BCUT2D eigenvalue weighted by Crippen LogP contribution is 2.32. The van der Waals surface area contributed by atoms with Crippen molar-refractivity contribution < 1.29 is 9.53 Å². The van der Waals surface area contributed by atoms with E-state index >= 15 is 0 Å². The minimum absolute atomic E-state index is 0.146. The zero-order valence-electron chi connectivity index (χ0n) is 17.4. The van der Waals surface area contributed by atoms with Gasteiger partial charge >= 0.3 is 0 Å². The molecule has 0 unspecified atom stereocenters. The molecule has 6 nitrogen and oxygen atoms in total. The molecule has 0 fully saturated rings. The summed E-state index contributed by atoms with van der Waals surface area (Å²) in [6.07, 6.45) is 1.92. The highest BCUT2D eigenvalue weighted by molar-refractivity contribution is 6.30. The minimum atomic E-state index is -0.146. The van der Waals surface area contributed by atoms with Crippen LogP contribution in [-0.2, 0) is 0 Å². The zero-order chi connectivity index (χ0) is 21.8. The molecular weight excluding hydrogens is 412 g/mol. The van der Waals surface area contributed by atoms with Gasteiger partial charge in [0.05, 0.1) is 29.4 Å². The maximum Gasteiger partial charge on any atom is 0.252 e. The first-order chi connectivity index (χ1) is 15.1. The fourth-order valence-electron chi connectivity index (χ4n) is 3.41. The molecule has 31 heavy (non-hydrogen) atoms. The Morgan fingerprint density at radius 1 is 1.10 bits per heavy atom. The molecule has 0 aliphatic carbocycles. The highest BCUT2D eigenvalue weighted by Gasteiger charge is 2.20. The van der Waals surface area contributed by atoms with E-state index < -0.39 is 0 Å². The van der Waals surface area contributed by atoms with Crippen LogP contribution < -0.4 is 10.1 Å². The Hall–Kier alpha value is -3.38. The van der Waals surface area contributed by atoms with E-state index in [2.05, 4.69) is 22.4 Å². The minimum Gasteiger partial charge on any atom is -0.497 e. The molecule has 4 rings (SSSR count). The number of nitrogens with zero attached hydrogens (tertiary/aromatic N) is 2. The van der Waals surface area contributed by atoms with Crippen molar-refractivity contribution in [3.05, 3.63) is 65.2 Å². The van der Waals surface area contributed by atoms with Crippen LogP contribution in [0.5, 0.6) is 5.75 Å². The third-order valence-corrected chi connectivity index (χ3v) is 5.36. The Kier molecular flexibility index (Phi) is 6.18. The van der Waals surface area contributed by atoms with E-state index in [0.29, 0.717) is 33.9 Å². The average molecular weight is 435 g/mol. The van der Waals surface area contributed by atoms with Crippen molar-refractivity contribution in [2.45, 2.75) is 19.8 Å². The second kappa shape index (κ2) is 9.18. The molecule has 0 atom stereocenters. The number of carbonyl (C=O) groups is 1. The summed E-state index contributed by atoms with van der Waals surface area (Å²) in [7, 11) is 1.63. The Bertz CT molecular complexity index is 1200. The highest BCUT2D eigenvalue weighted by atomic mass is 35.5. The fraction of sp³-hybridized carbons (Fsp3) is 0.208. The molecule has 0 aliphatic rings. The van der Waals surface area contributed by atoms with E-state index in [1.807, 2.05) is 54.6 Å². The van der Waals surface area contributed by atoms with Gasteiger partial charge in [0.2, 0.25) is 0 Å². The number of hydrogen-bond donors (Lipinski definition) is 2. The van der Waals surface area contributed by atoms with Crippen LogP contribution in [-0.4, -0.2) is 34.7 Å². The number of unbranched alkanes of at least 4 members (excludes halogenated alkanes) is 1. The van der Waals surface area contributed by atoms with Crippen molar-refractivity contribution >= 4 is 28.5 Å². The van der Waals surface area contributed by atoms with Gasteiger partial charge in [-0.15, -0.1) is 0 Å². The van der Waals surface area contributed by atoms with E-state index in [4.69, 9.17) is 21.3 Å². The first-order valence-corrected chi connectivity index (χ1v) is 10.6. The number of rotatable bonds is 7. The van der Waals surface area contributed by atoms with Crippen LogP contribution in [0.1, 0.15) is 30.1 Å². The number of aromatic amines is 1. The number of methoxy groups -OCH3 is 1. The van der Waals surface area contributed by atoms with Gasteiger partial charge in [0.15, 0.2) is 5.65 Å². The predicted octanol–water partition coefficient (Wildman–Crippen LogP) is 5.48. The molecule has 0 saturated carbocycles. The maximum absolute atomic E-state index is 13.1. The molecule has 2 N–H and O–H groups in total. The SMILES string of the molecule is CCCCNC(=O)c1cc(-c2ccc(OC)cc2)nc2n[nH]c(-c3ccc(Cl)cc3)c12. The number of halogens is 1. The molecule has 158 valence electrons. The quantitative estimate of drug-likeness (QED) is 0.377. The van der Waals surface area contributed by atoms with Crippen LogP contribution in [0.25, 0.3) is 33.5 Å². The summed E-state index contributed by atoms with van der Waals surface area (Å²) in [6.45, 7) is 2.71. The normalized spacial score (nSPS) is 10.9. The number of aromatic nitrogens is 3. The van der Waals surface area contributed by atoms with Gasteiger partial charge in [-0.2, -0.15) is 5.10 Å². The predicted molar refractivity (Wildman–Crippen MR) is 124 cm³/mol. The van der Waals surface area contributed by atoms with Gasteiger partial charge in [-0.1, -0.05) is 37.1 Å². The van der Waals surface area contributed by atoms with Gasteiger partial charge in [0.25, 0.3) is 5.91 Å². The lowest BCUT2D eigenvalue weighted by Crippen LogP contribution is -2.24. The van der Waals surface area contributed by atoms with Crippen LogP contribution in [0.4, 0.5) is 0 Å². The molecule has 4 aromatic rings. The number of nitrogens with one attached hydrogen (secondary N) is 2. The number of H-pyrrole nitrogens is 1. The summed E-state index contributed by atoms with van der Waals surface area (Å²) in [6, 6.07) is 16.8. The maximum atomic E-state index is 13.1. The number of fused-ring (bicyclic) bond motifs is 1. The molecule has 0 bridgehead atoms. The fourth-order valence-corrected chi connectivity index (χ4v) is 3.54. The molecule has 2 aromatic heterocycles. The second-order valence-electron chi connectivity index (χ2n) is 7.20. The third kappa shape index (κ3) is 4.39. The van der Waals surface area contributed by atoms with Gasteiger partial charge in [-0.25, -0.2) is 4.98 Å². The van der Waals surface area contributed by atoms with Crippen LogP contribution >= 0.6 is 11.6 Å². The molecule has 2 aromatic carbocycles. The Morgan fingerprint density at radius 3 is 2.48 bits per heavy atom. The molecule has 0 aliphatic heterocycles. The van der Waals surface area contributed by atoms with E-state index in [0.717, 1.165) is 35.4 Å². The summed E-state index contributed by atoms with van der Waals surface area (Å²) < 4.78 is 5.24. The number of carbonyl (C=O) groups excluding carboxylic acids is 1. The Morgan fingerprint density at radius 2 is 1.81 bits per heavy atom. The van der Waals surface area contributed by atoms with Crippen molar-refractivity contribution in [1.82, 2.24) is 20.5 Å². The van der Waals surface area contributed by atoms with Crippen molar-refractivity contribution in [3.63, 3.8) is 0 Å². The van der Waals surface area contributed by atoms with Crippen molar-refractivity contribution in [1.29, 1.82) is 0 Å². The van der Waals surface area contributed by atoms with Crippen molar-refractivity contribution in [2.24, 2.45) is 0 Å². The summed E-state index contributed by atoms with van der Waals surface area (Å²) in [4.78, 5) is 17.8. The smallest absolute Gasteiger partial charge is 0.252 e. The topological polar surface area (TPSA) is 79.9 Å². The zero-order valence-corrected chi connectivity index (χ0v) is 18.2. The second-order valence-corrected chi connectivity index (χ2v) is 7.63. The lowest BCUT2D eigenvalue weighted by molar-refractivity contribution is 0.0955. The molecule has 0 spiro atoms. The summed E-state index contributed by atoms with van der Waals surface area (Å²) in [5, 5.41) is 11.8. The monoisotopic (exact) mass is 434 g/mol. The summed E-state index contributed by atoms with van der Waals surface area (Å²) in [5.41, 5.74) is 4.19. The average Bonchev–Trinajstić information content (AvgIpc) is 3.23. The molecule has 0 radical (unpaired) electrons. The number of hydrogen-bond acceptors (Lipinski definition) is 4. The molecular formula is C24H23ClN4O2. The van der Waals surface area contributed by atoms with E-state index in [-0.39, 0.29) is 5.91 Å². The van der Waals surface area contributed by atoms with E-state index in [9.17, 15) is 4.79 Å². The first-order valence-electron chi connectivity index (χ1n) is 10.2. The van der Waals surface area contributed by atoms with Gasteiger partial charge in [-0.3, -0.25) is 9.89 Å². The van der Waals surface area contributed by atoms with Crippen LogP contribution in [0, 0.1) is 0 Å². The van der Waals surface area contributed by atoms with Crippen LogP contribution in [0.3, 0.4) is 0 Å². The molecule has 7 heteroatoms. The van der Waals surface area contributed by atoms with E-state index in [1.165, 1.54) is 0 Å².